The summed E-state index contributed by atoms with van der Waals surface area (Å²) in [5.74, 6) is -2.68. The van der Waals surface area contributed by atoms with Crippen LogP contribution in [0.5, 0.6) is 0 Å². The van der Waals surface area contributed by atoms with Gasteiger partial charge in [-0.2, -0.15) is 0 Å². The van der Waals surface area contributed by atoms with Crippen molar-refractivity contribution in [2.75, 3.05) is 5.32 Å². The third-order valence-corrected chi connectivity index (χ3v) is 2.49. The fourth-order valence-electron chi connectivity index (χ4n) is 1.44. The number of rotatable bonds is 3. The summed E-state index contributed by atoms with van der Waals surface area (Å²) in [4.78, 5) is 14.6. The zero-order chi connectivity index (χ0) is 14.0. The summed E-state index contributed by atoms with van der Waals surface area (Å²) in [7, 11) is 0. The van der Waals surface area contributed by atoms with E-state index in [9.17, 15) is 13.6 Å². The molecule has 0 radical (unpaired) electrons. The average molecular weight is 285 g/mol. The van der Waals surface area contributed by atoms with E-state index in [1.54, 1.807) is 0 Å². The first-order chi connectivity index (χ1) is 8.95. The van der Waals surface area contributed by atoms with E-state index in [1.165, 1.54) is 12.1 Å². The van der Waals surface area contributed by atoms with E-state index >= 15 is 0 Å². The minimum atomic E-state index is -1.29. The van der Waals surface area contributed by atoms with Crippen LogP contribution < -0.4 is 5.32 Å². The quantitative estimate of drug-likeness (QED) is 0.906. The van der Waals surface area contributed by atoms with Gasteiger partial charge in [0.05, 0.1) is 5.02 Å². The van der Waals surface area contributed by atoms with Gasteiger partial charge in [-0.3, -0.25) is 0 Å². The Morgan fingerprint density at radius 2 is 1.84 bits per heavy atom. The van der Waals surface area contributed by atoms with E-state index in [0.29, 0.717) is 0 Å². The van der Waals surface area contributed by atoms with Crippen molar-refractivity contribution >= 4 is 29.1 Å². The van der Waals surface area contributed by atoms with E-state index in [-0.39, 0.29) is 22.2 Å². The molecule has 1 aromatic heterocycles. The number of pyridine rings is 1. The fourth-order valence-corrected chi connectivity index (χ4v) is 1.62. The highest BCUT2D eigenvalue weighted by molar-refractivity contribution is 6.33. The molecule has 2 aromatic rings. The lowest BCUT2D eigenvalue weighted by atomic mass is 10.3. The summed E-state index contributed by atoms with van der Waals surface area (Å²) >= 11 is 5.65. The number of halogens is 3. The third-order valence-electron chi connectivity index (χ3n) is 2.18. The summed E-state index contributed by atoms with van der Waals surface area (Å²) in [5.41, 5.74) is -0.229. The topological polar surface area (TPSA) is 62.2 Å². The molecule has 0 saturated heterocycles. The van der Waals surface area contributed by atoms with Crippen molar-refractivity contribution in [1.82, 2.24) is 4.98 Å². The molecular formula is C12H7ClF2N2O2. The van der Waals surface area contributed by atoms with Crippen molar-refractivity contribution < 1.29 is 18.7 Å². The first-order valence-electron chi connectivity index (χ1n) is 5.08. The second-order valence-electron chi connectivity index (χ2n) is 3.62. The molecule has 2 N–H and O–H groups in total. The SMILES string of the molecule is O=C(O)c1nc(Nc2cc(F)cc(F)c2)ccc1Cl. The zero-order valence-electron chi connectivity index (χ0n) is 9.32. The molecule has 0 fully saturated rings. The lowest BCUT2D eigenvalue weighted by molar-refractivity contribution is 0.0691. The monoisotopic (exact) mass is 284 g/mol. The van der Waals surface area contributed by atoms with Gasteiger partial charge < -0.3 is 10.4 Å². The summed E-state index contributed by atoms with van der Waals surface area (Å²) in [5, 5.41) is 11.4. The summed E-state index contributed by atoms with van der Waals surface area (Å²) in [6, 6.07) is 5.57. The van der Waals surface area contributed by atoms with E-state index in [1.807, 2.05) is 0 Å². The standard InChI is InChI=1S/C12H7ClF2N2O2/c13-9-1-2-10(17-11(9)12(18)19)16-8-4-6(14)3-7(15)5-8/h1-5H,(H,16,17)(H,18,19). The van der Waals surface area contributed by atoms with Crippen molar-refractivity contribution in [2.45, 2.75) is 0 Å². The Kier molecular flexibility index (Phi) is 3.62. The molecule has 0 aliphatic carbocycles. The number of hydrogen-bond acceptors (Lipinski definition) is 3. The Hall–Kier alpha value is -2.21. The van der Waals surface area contributed by atoms with Gasteiger partial charge in [-0.25, -0.2) is 18.6 Å². The molecule has 0 aliphatic heterocycles. The summed E-state index contributed by atoms with van der Waals surface area (Å²) in [6.45, 7) is 0. The Morgan fingerprint density at radius 1 is 1.21 bits per heavy atom. The van der Waals surface area contributed by atoms with Gasteiger partial charge in [0.2, 0.25) is 0 Å². The lowest BCUT2D eigenvalue weighted by Gasteiger charge is -2.07. The number of nitrogens with zero attached hydrogens (tertiary/aromatic N) is 1. The number of benzene rings is 1. The van der Waals surface area contributed by atoms with Gasteiger partial charge in [0, 0.05) is 11.8 Å². The number of hydrogen-bond donors (Lipinski definition) is 2. The van der Waals surface area contributed by atoms with E-state index in [4.69, 9.17) is 16.7 Å². The minimum absolute atomic E-state index is 0.0246. The smallest absolute Gasteiger partial charge is 0.356 e. The van der Waals surface area contributed by atoms with Crippen LogP contribution in [0.15, 0.2) is 30.3 Å². The van der Waals surface area contributed by atoms with Crippen LogP contribution in [0.1, 0.15) is 10.5 Å². The molecule has 7 heteroatoms. The molecule has 19 heavy (non-hydrogen) atoms. The van der Waals surface area contributed by atoms with Crippen LogP contribution in [0.25, 0.3) is 0 Å². The molecule has 1 heterocycles. The molecule has 0 bridgehead atoms. The maximum absolute atomic E-state index is 13.0. The maximum Gasteiger partial charge on any atom is 0.356 e. The molecule has 4 nitrogen and oxygen atoms in total. The largest absolute Gasteiger partial charge is 0.476 e. The third kappa shape index (κ3) is 3.17. The maximum atomic E-state index is 13.0. The van der Waals surface area contributed by atoms with Crippen LogP contribution >= 0.6 is 11.6 Å². The van der Waals surface area contributed by atoms with Crippen LogP contribution in [0.3, 0.4) is 0 Å². The molecule has 0 aliphatic rings. The van der Waals surface area contributed by atoms with Gasteiger partial charge in [0.15, 0.2) is 5.69 Å². The van der Waals surface area contributed by atoms with Gasteiger partial charge in [-0.05, 0) is 24.3 Å². The predicted octanol–water partition coefficient (Wildman–Crippen LogP) is 3.46. The van der Waals surface area contributed by atoms with Crippen molar-refractivity contribution in [2.24, 2.45) is 0 Å². The first-order valence-corrected chi connectivity index (χ1v) is 5.46. The van der Waals surface area contributed by atoms with E-state index < -0.39 is 17.6 Å². The van der Waals surface area contributed by atoms with Crippen molar-refractivity contribution in [1.29, 1.82) is 0 Å². The number of nitrogens with one attached hydrogen (secondary N) is 1. The molecule has 2 rings (SSSR count). The summed E-state index contributed by atoms with van der Waals surface area (Å²) in [6.07, 6.45) is 0. The molecule has 0 unspecified atom stereocenters. The van der Waals surface area contributed by atoms with Gasteiger partial charge >= 0.3 is 5.97 Å². The highest BCUT2D eigenvalue weighted by Crippen LogP contribution is 2.21. The molecule has 0 atom stereocenters. The molecule has 0 spiro atoms. The number of carbonyl (C=O) groups is 1. The average Bonchev–Trinajstić information content (AvgIpc) is 2.30. The van der Waals surface area contributed by atoms with Crippen LogP contribution in [-0.2, 0) is 0 Å². The molecule has 98 valence electrons. The Morgan fingerprint density at radius 3 is 2.42 bits per heavy atom. The summed E-state index contributed by atoms with van der Waals surface area (Å²) < 4.78 is 26.0. The van der Waals surface area contributed by atoms with Crippen LogP contribution in [0.2, 0.25) is 5.02 Å². The molecule has 0 amide bonds. The number of aromatic carboxylic acids is 1. The lowest BCUT2D eigenvalue weighted by Crippen LogP contribution is -2.04. The van der Waals surface area contributed by atoms with E-state index in [2.05, 4.69) is 10.3 Å². The first kappa shape index (κ1) is 13.2. The highest BCUT2D eigenvalue weighted by Gasteiger charge is 2.11. The van der Waals surface area contributed by atoms with Crippen LogP contribution in [0.4, 0.5) is 20.3 Å². The fraction of sp³-hybridized carbons (Fsp3) is 0. The number of carboxylic acids is 1. The van der Waals surface area contributed by atoms with Crippen molar-refractivity contribution in [3.05, 3.63) is 52.7 Å². The highest BCUT2D eigenvalue weighted by atomic mass is 35.5. The molecular weight excluding hydrogens is 278 g/mol. The zero-order valence-corrected chi connectivity index (χ0v) is 10.1. The number of anilines is 2. The predicted molar refractivity (Wildman–Crippen MR) is 65.8 cm³/mol. The number of carboxylic acid groups (broad SMARTS) is 1. The van der Waals surface area contributed by atoms with Gasteiger partial charge in [0.1, 0.15) is 17.5 Å². The van der Waals surface area contributed by atoms with Gasteiger partial charge in [-0.15, -0.1) is 0 Å². The van der Waals surface area contributed by atoms with Crippen LogP contribution in [0, 0.1) is 11.6 Å². The molecule has 1 aromatic carbocycles. The van der Waals surface area contributed by atoms with Crippen molar-refractivity contribution in [3.8, 4) is 0 Å². The molecule has 0 saturated carbocycles. The Bertz CT molecular complexity index is 629. The minimum Gasteiger partial charge on any atom is -0.476 e. The Labute approximate surface area is 111 Å². The van der Waals surface area contributed by atoms with Gasteiger partial charge in [-0.1, -0.05) is 11.6 Å². The second-order valence-corrected chi connectivity index (χ2v) is 4.02. The Balaban J connectivity index is 2.33. The van der Waals surface area contributed by atoms with Crippen molar-refractivity contribution in [3.63, 3.8) is 0 Å². The van der Waals surface area contributed by atoms with Crippen LogP contribution in [-0.4, -0.2) is 16.1 Å². The van der Waals surface area contributed by atoms with Gasteiger partial charge in [0.25, 0.3) is 0 Å². The normalized spacial score (nSPS) is 10.3. The number of aromatic nitrogens is 1. The second kappa shape index (κ2) is 5.19. The van der Waals surface area contributed by atoms with E-state index in [0.717, 1.165) is 18.2 Å².